The van der Waals surface area contributed by atoms with Gasteiger partial charge >= 0.3 is 6.18 Å². The van der Waals surface area contributed by atoms with Crippen LogP contribution in [0.1, 0.15) is 33.1 Å². The summed E-state index contributed by atoms with van der Waals surface area (Å²) in [6, 6.07) is 0. The van der Waals surface area contributed by atoms with Crippen molar-refractivity contribution in [3.63, 3.8) is 0 Å². The number of hydrogen-bond donors (Lipinski definition) is 0. The molecule has 0 fully saturated rings. The first-order valence-electron chi connectivity index (χ1n) is 3.96. The Balaban J connectivity index is 4.14. The van der Waals surface area contributed by atoms with Crippen LogP contribution in [-0.4, -0.2) is 12.1 Å². The Hall–Kier alpha value is 0.0800. The Morgan fingerprint density at radius 3 is 2.00 bits per heavy atom. The lowest BCUT2D eigenvalue weighted by Gasteiger charge is -2.27. The molecule has 0 aliphatic heterocycles. The van der Waals surface area contributed by atoms with Crippen LogP contribution < -0.4 is 0 Å². The second-order valence-corrected chi connectivity index (χ2v) is 3.75. The van der Waals surface area contributed by atoms with E-state index >= 15 is 0 Å². The number of hydrogen-bond acceptors (Lipinski definition) is 0. The summed E-state index contributed by atoms with van der Waals surface area (Å²) in [5, 5.41) is 0. The number of halogens is 4. The second-order valence-electron chi connectivity index (χ2n) is 3.49. The molecule has 0 spiro atoms. The maximum Gasteiger partial charge on any atom is 0.389 e. The largest absolute Gasteiger partial charge is 0.389 e. The van der Waals surface area contributed by atoms with Crippen molar-refractivity contribution >= 4 is 11.6 Å². The molecule has 0 nitrogen and oxygen atoms in total. The molecule has 12 heavy (non-hydrogen) atoms. The van der Waals surface area contributed by atoms with E-state index in [2.05, 4.69) is 0 Å². The molecule has 0 bridgehead atoms. The van der Waals surface area contributed by atoms with Gasteiger partial charge in [0, 0.05) is 12.3 Å². The maximum absolute atomic E-state index is 12.0. The topological polar surface area (TPSA) is 0 Å². The van der Waals surface area contributed by atoms with Crippen LogP contribution in [0.25, 0.3) is 0 Å². The number of rotatable bonds is 4. The molecule has 0 aromatic heterocycles. The van der Waals surface area contributed by atoms with Gasteiger partial charge in [0.1, 0.15) is 0 Å². The highest BCUT2D eigenvalue weighted by molar-refractivity contribution is 6.18. The molecule has 0 aromatic carbocycles. The van der Waals surface area contributed by atoms with Crippen LogP contribution in [0, 0.1) is 5.41 Å². The van der Waals surface area contributed by atoms with Crippen molar-refractivity contribution in [2.24, 2.45) is 5.41 Å². The average molecular weight is 203 g/mol. The minimum atomic E-state index is -4.10. The SMILES string of the molecule is CCCC(C)(CCl)CC(F)(F)F. The van der Waals surface area contributed by atoms with E-state index in [1.165, 1.54) is 0 Å². The molecule has 0 aliphatic rings. The summed E-state index contributed by atoms with van der Waals surface area (Å²) in [6.07, 6.45) is -3.62. The van der Waals surface area contributed by atoms with E-state index in [1.807, 2.05) is 6.92 Å². The first-order chi connectivity index (χ1) is 5.33. The smallest absolute Gasteiger partial charge is 0.171 e. The summed E-state index contributed by atoms with van der Waals surface area (Å²) in [5.74, 6) is 0.0698. The lowest BCUT2D eigenvalue weighted by atomic mass is 9.84. The summed E-state index contributed by atoms with van der Waals surface area (Å²) in [5.41, 5.74) is -0.783. The molecule has 74 valence electrons. The van der Waals surface area contributed by atoms with Crippen LogP contribution in [-0.2, 0) is 0 Å². The standard InChI is InChI=1S/C8H14ClF3/c1-3-4-7(2,6-9)5-8(10,11)12/h3-6H2,1-2H3. The van der Waals surface area contributed by atoms with Crippen molar-refractivity contribution in [3.05, 3.63) is 0 Å². The van der Waals surface area contributed by atoms with Crippen molar-refractivity contribution in [2.75, 3.05) is 5.88 Å². The van der Waals surface area contributed by atoms with Gasteiger partial charge in [-0.3, -0.25) is 0 Å². The zero-order valence-electron chi connectivity index (χ0n) is 7.34. The van der Waals surface area contributed by atoms with E-state index in [1.54, 1.807) is 6.92 Å². The molecule has 0 heterocycles. The molecule has 0 N–H and O–H groups in total. The maximum atomic E-state index is 12.0. The van der Waals surface area contributed by atoms with Gasteiger partial charge in [0.25, 0.3) is 0 Å². The van der Waals surface area contributed by atoms with Crippen molar-refractivity contribution in [2.45, 2.75) is 39.3 Å². The fourth-order valence-electron chi connectivity index (χ4n) is 1.29. The second kappa shape index (κ2) is 4.35. The fourth-order valence-corrected chi connectivity index (χ4v) is 1.52. The third kappa shape index (κ3) is 4.86. The van der Waals surface area contributed by atoms with Crippen LogP contribution in [0.5, 0.6) is 0 Å². The molecular weight excluding hydrogens is 189 g/mol. The molecule has 0 rings (SSSR count). The third-order valence-corrected chi connectivity index (χ3v) is 2.45. The minimum Gasteiger partial charge on any atom is -0.171 e. The van der Waals surface area contributed by atoms with E-state index < -0.39 is 18.0 Å². The van der Waals surface area contributed by atoms with E-state index in [9.17, 15) is 13.2 Å². The van der Waals surface area contributed by atoms with E-state index in [4.69, 9.17) is 11.6 Å². The van der Waals surface area contributed by atoms with Crippen LogP contribution >= 0.6 is 11.6 Å². The molecule has 0 aliphatic carbocycles. The molecular formula is C8H14ClF3. The first-order valence-corrected chi connectivity index (χ1v) is 4.49. The lowest BCUT2D eigenvalue weighted by Crippen LogP contribution is -2.26. The van der Waals surface area contributed by atoms with Gasteiger partial charge in [-0.25, -0.2) is 0 Å². The van der Waals surface area contributed by atoms with Gasteiger partial charge in [0.05, 0.1) is 0 Å². The van der Waals surface area contributed by atoms with E-state index in [0.29, 0.717) is 6.42 Å². The van der Waals surface area contributed by atoms with Gasteiger partial charge in [-0.1, -0.05) is 20.3 Å². The van der Waals surface area contributed by atoms with Gasteiger partial charge in [-0.2, -0.15) is 13.2 Å². The normalized spacial score (nSPS) is 17.5. The highest BCUT2D eigenvalue weighted by Crippen LogP contribution is 2.37. The van der Waals surface area contributed by atoms with Crippen LogP contribution in [0.15, 0.2) is 0 Å². The average Bonchev–Trinajstić information content (AvgIpc) is 1.84. The molecule has 0 amide bonds. The van der Waals surface area contributed by atoms with Crippen LogP contribution in [0.4, 0.5) is 13.2 Å². The molecule has 0 aromatic rings. The Bertz CT molecular complexity index is 133. The summed E-state index contributed by atoms with van der Waals surface area (Å²) in [7, 11) is 0. The van der Waals surface area contributed by atoms with Crippen LogP contribution in [0.3, 0.4) is 0 Å². The van der Waals surface area contributed by atoms with Crippen molar-refractivity contribution in [3.8, 4) is 0 Å². The quantitative estimate of drug-likeness (QED) is 0.605. The summed E-state index contributed by atoms with van der Waals surface area (Å²) < 4.78 is 36.0. The Morgan fingerprint density at radius 1 is 1.25 bits per heavy atom. The molecule has 1 atom stereocenters. The zero-order valence-corrected chi connectivity index (χ0v) is 8.10. The van der Waals surface area contributed by atoms with Gasteiger partial charge in [-0.15, -0.1) is 11.6 Å². The van der Waals surface area contributed by atoms with Crippen molar-refractivity contribution in [1.82, 2.24) is 0 Å². The van der Waals surface area contributed by atoms with E-state index in [0.717, 1.165) is 6.42 Å². The molecule has 0 saturated carbocycles. The predicted octanol–water partition coefficient (Wildman–Crippen LogP) is 3.98. The summed E-state index contributed by atoms with van der Waals surface area (Å²) >= 11 is 5.49. The Kier molecular flexibility index (Phi) is 4.38. The first kappa shape index (κ1) is 12.1. The molecule has 4 heteroatoms. The van der Waals surface area contributed by atoms with Gasteiger partial charge in [0.15, 0.2) is 0 Å². The molecule has 0 radical (unpaired) electrons. The number of alkyl halides is 4. The highest BCUT2D eigenvalue weighted by atomic mass is 35.5. The van der Waals surface area contributed by atoms with Gasteiger partial charge in [-0.05, 0) is 11.8 Å². The van der Waals surface area contributed by atoms with Gasteiger partial charge < -0.3 is 0 Å². The highest BCUT2D eigenvalue weighted by Gasteiger charge is 2.38. The summed E-state index contributed by atoms with van der Waals surface area (Å²) in [4.78, 5) is 0. The minimum absolute atomic E-state index is 0.0698. The predicted molar refractivity (Wildman–Crippen MR) is 44.4 cm³/mol. The van der Waals surface area contributed by atoms with Crippen molar-refractivity contribution in [1.29, 1.82) is 0 Å². The molecule has 1 unspecified atom stereocenters. The monoisotopic (exact) mass is 202 g/mol. The van der Waals surface area contributed by atoms with Crippen LogP contribution in [0.2, 0.25) is 0 Å². The fraction of sp³-hybridized carbons (Fsp3) is 1.00. The Morgan fingerprint density at radius 2 is 1.75 bits per heavy atom. The molecule has 0 saturated heterocycles. The summed E-state index contributed by atoms with van der Waals surface area (Å²) in [6.45, 7) is 3.44. The Labute approximate surface area is 76.1 Å². The lowest BCUT2D eigenvalue weighted by molar-refractivity contribution is -0.154. The van der Waals surface area contributed by atoms with Crippen molar-refractivity contribution < 1.29 is 13.2 Å². The zero-order chi connectivity index (χ0) is 9.83. The van der Waals surface area contributed by atoms with E-state index in [-0.39, 0.29) is 5.88 Å². The third-order valence-electron chi connectivity index (χ3n) is 1.80. The van der Waals surface area contributed by atoms with Gasteiger partial charge in [0.2, 0.25) is 0 Å².